The Hall–Kier alpha value is -1.17. The number of hydrogen-bond donors (Lipinski definition) is 0. The number of carbonyl (C=O) groups excluding carboxylic acids is 2. The predicted octanol–water partition coefficient (Wildman–Crippen LogP) is 1.59. The number of amides is 1. The Bertz CT molecular complexity index is 282. The SMILES string of the molecule is C=CCOC(=O)CC.O=C1O[C@H]2SCCN12. The molecule has 0 saturated carbocycles. The van der Waals surface area contributed by atoms with Crippen LogP contribution in [0.1, 0.15) is 13.3 Å². The van der Waals surface area contributed by atoms with Gasteiger partial charge in [-0.1, -0.05) is 31.3 Å². The van der Waals surface area contributed by atoms with Crippen LogP contribution >= 0.6 is 11.8 Å². The maximum atomic E-state index is 10.4. The highest BCUT2D eigenvalue weighted by atomic mass is 32.2. The van der Waals surface area contributed by atoms with E-state index in [9.17, 15) is 9.59 Å². The molecule has 0 aromatic rings. The lowest BCUT2D eigenvalue weighted by Gasteiger charge is -2.32. The third-order valence-corrected chi connectivity index (χ3v) is 2.99. The molecule has 0 unspecified atom stereocenters. The van der Waals surface area contributed by atoms with Crippen molar-refractivity contribution in [3.63, 3.8) is 0 Å². The minimum atomic E-state index is -0.176. The van der Waals surface area contributed by atoms with Gasteiger partial charge in [0.2, 0.25) is 5.56 Å². The van der Waals surface area contributed by atoms with Gasteiger partial charge in [0.15, 0.2) is 0 Å². The van der Waals surface area contributed by atoms with Crippen LogP contribution in [0, 0.1) is 0 Å². The highest BCUT2D eigenvalue weighted by molar-refractivity contribution is 8.00. The summed E-state index contributed by atoms with van der Waals surface area (Å²) in [5.41, 5.74) is 0.0718. The van der Waals surface area contributed by atoms with Crippen molar-refractivity contribution < 1.29 is 19.1 Å². The second kappa shape index (κ2) is 6.42. The molecule has 0 spiro atoms. The van der Waals surface area contributed by atoms with Gasteiger partial charge < -0.3 is 9.47 Å². The van der Waals surface area contributed by atoms with Crippen molar-refractivity contribution in [2.45, 2.75) is 18.9 Å². The molecule has 1 atom stereocenters. The molecule has 6 heteroatoms. The molecule has 5 nitrogen and oxygen atoms in total. The normalized spacial score (nSPS) is 20.9. The number of nitrogens with zero attached hydrogens (tertiary/aromatic N) is 1. The van der Waals surface area contributed by atoms with E-state index < -0.39 is 0 Å². The molecular formula is C10H15NO4S. The fraction of sp³-hybridized carbons (Fsp3) is 0.600. The number of carbonyl (C=O) groups is 2. The van der Waals surface area contributed by atoms with Gasteiger partial charge in [-0.05, 0) is 0 Å². The van der Waals surface area contributed by atoms with E-state index in [0.717, 1.165) is 12.3 Å². The van der Waals surface area contributed by atoms with E-state index in [0.29, 0.717) is 13.0 Å². The second-order valence-electron chi connectivity index (χ2n) is 3.08. The fourth-order valence-electron chi connectivity index (χ4n) is 1.08. The molecule has 2 aliphatic heterocycles. The zero-order chi connectivity index (χ0) is 12.0. The zero-order valence-corrected chi connectivity index (χ0v) is 10.00. The number of hydrogen-bond acceptors (Lipinski definition) is 5. The van der Waals surface area contributed by atoms with Crippen LogP contribution in [0.2, 0.25) is 0 Å². The molecule has 16 heavy (non-hydrogen) atoms. The van der Waals surface area contributed by atoms with E-state index in [2.05, 4.69) is 11.3 Å². The summed E-state index contributed by atoms with van der Waals surface area (Å²) in [6.45, 7) is 6.34. The second-order valence-corrected chi connectivity index (χ2v) is 4.23. The van der Waals surface area contributed by atoms with Crippen LogP contribution in [0.15, 0.2) is 12.7 Å². The summed E-state index contributed by atoms with van der Waals surface area (Å²) in [7, 11) is 0. The van der Waals surface area contributed by atoms with Gasteiger partial charge in [-0.2, -0.15) is 0 Å². The first-order valence-corrected chi connectivity index (χ1v) is 6.09. The van der Waals surface area contributed by atoms with Gasteiger partial charge in [-0.25, -0.2) is 4.79 Å². The Kier molecular flexibility index (Phi) is 5.18. The van der Waals surface area contributed by atoms with Crippen LogP contribution in [-0.4, -0.2) is 41.4 Å². The van der Waals surface area contributed by atoms with Gasteiger partial charge in [0.1, 0.15) is 6.61 Å². The standard InChI is InChI=1S/C6H10O2.C4H5NO2S/c1-3-5-8-6(7)4-2;6-3-5-1-2-8-4(5)7-3/h3H,1,4-5H2,2H3;4H,1-2H2/t;4-/m.0/s1. The average molecular weight is 245 g/mol. The topological polar surface area (TPSA) is 55.8 Å². The van der Waals surface area contributed by atoms with Crippen molar-refractivity contribution in [1.29, 1.82) is 0 Å². The molecule has 2 rings (SSSR count). The maximum absolute atomic E-state index is 10.4. The van der Waals surface area contributed by atoms with Crippen molar-refractivity contribution in [1.82, 2.24) is 4.90 Å². The van der Waals surface area contributed by atoms with E-state index in [1.165, 1.54) is 0 Å². The average Bonchev–Trinajstić information content (AvgIpc) is 2.68. The first kappa shape index (κ1) is 12.9. The van der Waals surface area contributed by atoms with E-state index >= 15 is 0 Å². The van der Waals surface area contributed by atoms with Gasteiger partial charge >= 0.3 is 12.1 Å². The van der Waals surface area contributed by atoms with Crippen LogP contribution in [0.25, 0.3) is 0 Å². The van der Waals surface area contributed by atoms with Gasteiger partial charge in [0.05, 0.1) is 0 Å². The number of rotatable bonds is 3. The van der Waals surface area contributed by atoms with Gasteiger partial charge in [0, 0.05) is 18.7 Å². The smallest absolute Gasteiger partial charge is 0.415 e. The summed E-state index contributed by atoms with van der Waals surface area (Å²) < 4.78 is 9.30. The minimum Gasteiger partial charge on any atom is -0.461 e. The van der Waals surface area contributed by atoms with Crippen molar-refractivity contribution in [3.8, 4) is 0 Å². The van der Waals surface area contributed by atoms with Crippen LogP contribution in [0.4, 0.5) is 4.79 Å². The molecular weight excluding hydrogens is 230 g/mol. The first-order chi connectivity index (χ1) is 7.69. The maximum Gasteiger partial charge on any atom is 0.415 e. The Morgan fingerprint density at radius 1 is 1.81 bits per heavy atom. The van der Waals surface area contributed by atoms with Gasteiger partial charge in [0.25, 0.3) is 0 Å². The van der Waals surface area contributed by atoms with Crippen molar-refractivity contribution in [2.75, 3.05) is 18.9 Å². The molecule has 90 valence electrons. The Labute approximate surface area is 98.8 Å². The first-order valence-electron chi connectivity index (χ1n) is 5.04. The Balaban J connectivity index is 0.000000160. The summed E-state index contributed by atoms with van der Waals surface area (Å²) in [5.74, 6) is 0.848. The number of fused-ring (bicyclic) bond motifs is 1. The monoisotopic (exact) mass is 245 g/mol. The number of ether oxygens (including phenoxy) is 2. The van der Waals surface area contributed by atoms with E-state index in [4.69, 9.17) is 4.74 Å². The molecule has 1 amide bonds. The molecule has 0 aromatic heterocycles. The summed E-state index contributed by atoms with van der Waals surface area (Å²) in [6.07, 6.45) is 1.83. The predicted molar refractivity (Wildman–Crippen MR) is 60.9 cm³/mol. The van der Waals surface area contributed by atoms with Crippen molar-refractivity contribution >= 4 is 23.8 Å². The molecule has 2 saturated heterocycles. The molecule has 0 aromatic carbocycles. The lowest BCUT2D eigenvalue weighted by Crippen LogP contribution is -2.48. The quantitative estimate of drug-likeness (QED) is 0.558. The highest BCUT2D eigenvalue weighted by Crippen LogP contribution is 2.32. The molecule has 0 aliphatic carbocycles. The third kappa shape index (κ3) is 3.44. The Morgan fingerprint density at radius 2 is 2.56 bits per heavy atom. The van der Waals surface area contributed by atoms with Gasteiger partial charge in [-0.3, -0.25) is 9.69 Å². The highest BCUT2D eigenvalue weighted by Gasteiger charge is 2.42. The summed E-state index contributed by atoms with van der Waals surface area (Å²) >= 11 is 1.68. The zero-order valence-electron chi connectivity index (χ0n) is 9.18. The largest absolute Gasteiger partial charge is 0.461 e. The van der Waals surface area contributed by atoms with E-state index in [1.807, 2.05) is 0 Å². The lowest BCUT2D eigenvalue weighted by molar-refractivity contribution is -0.141. The summed E-state index contributed by atoms with van der Waals surface area (Å²) in [4.78, 5) is 22.4. The molecule has 2 aliphatic rings. The van der Waals surface area contributed by atoms with Crippen LogP contribution < -0.4 is 0 Å². The molecule has 2 fully saturated rings. The van der Waals surface area contributed by atoms with Crippen molar-refractivity contribution in [2.24, 2.45) is 0 Å². The van der Waals surface area contributed by atoms with E-state index in [1.54, 1.807) is 29.7 Å². The molecule has 0 radical (unpaired) electrons. The van der Waals surface area contributed by atoms with Crippen LogP contribution in [0.5, 0.6) is 0 Å². The molecule has 0 bridgehead atoms. The molecule has 0 N–H and O–H groups in total. The summed E-state index contributed by atoms with van der Waals surface area (Å²) in [6, 6.07) is 0. The third-order valence-electron chi connectivity index (χ3n) is 1.93. The Morgan fingerprint density at radius 3 is 3.00 bits per heavy atom. The van der Waals surface area contributed by atoms with Crippen molar-refractivity contribution in [3.05, 3.63) is 12.7 Å². The van der Waals surface area contributed by atoms with Crippen LogP contribution in [-0.2, 0) is 14.3 Å². The summed E-state index contributed by atoms with van der Waals surface area (Å²) in [5, 5.41) is 0. The van der Waals surface area contributed by atoms with Gasteiger partial charge in [-0.15, -0.1) is 0 Å². The minimum absolute atomic E-state index is 0.0718. The lowest BCUT2D eigenvalue weighted by atomic mass is 10.5. The van der Waals surface area contributed by atoms with Crippen LogP contribution in [0.3, 0.4) is 0 Å². The number of thioether (sulfide) groups is 1. The van der Waals surface area contributed by atoms with E-state index in [-0.39, 0.29) is 17.6 Å². The molecule has 2 heterocycles. The fourth-order valence-corrected chi connectivity index (χ4v) is 2.11. The number of esters is 1.